The monoisotopic (exact) mass is 376 g/mol. The molecule has 0 bridgehead atoms. The molecule has 4 aromatic rings. The molecule has 4 nitrogen and oxygen atoms in total. The van der Waals surface area contributed by atoms with Crippen molar-refractivity contribution < 1.29 is 0 Å². The quantitative estimate of drug-likeness (QED) is 0.427. The van der Waals surface area contributed by atoms with E-state index in [1.54, 1.807) is 0 Å². The average molecular weight is 376 g/mol. The Labute approximate surface area is 170 Å². The van der Waals surface area contributed by atoms with Gasteiger partial charge in [-0.2, -0.15) is 10.5 Å². The summed E-state index contributed by atoms with van der Waals surface area (Å²) in [5.41, 5.74) is 3.54. The van der Waals surface area contributed by atoms with Gasteiger partial charge in [-0.05, 0) is 76.5 Å². The van der Waals surface area contributed by atoms with Gasteiger partial charge in [-0.15, -0.1) is 0 Å². The van der Waals surface area contributed by atoms with Gasteiger partial charge in [0.2, 0.25) is 0 Å². The van der Waals surface area contributed by atoms with Gasteiger partial charge in [0.1, 0.15) is 0 Å². The zero-order valence-electron chi connectivity index (χ0n) is 15.9. The van der Waals surface area contributed by atoms with Crippen LogP contribution in [-0.4, -0.2) is 13.1 Å². The van der Waals surface area contributed by atoms with Crippen molar-refractivity contribution in [1.82, 2.24) is 0 Å². The molecule has 0 atom stereocenters. The van der Waals surface area contributed by atoms with E-state index in [4.69, 9.17) is 10.5 Å². The average Bonchev–Trinajstić information content (AvgIpc) is 2.78. The van der Waals surface area contributed by atoms with Gasteiger partial charge in [0.25, 0.3) is 0 Å². The number of hydrogen-bond acceptors (Lipinski definition) is 4. The third-order valence-corrected chi connectivity index (χ3v) is 4.95. The van der Waals surface area contributed by atoms with Crippen LogP contribution in [0, 0.1) is 22.7 Å². The first-order valence-corrected chi connectivity index (χ1v) is 9.61. The smallest absolute Gasteiger partial charge is 0.0991 e. The summed E-state index contributed by atoms with van der Waals surface area (Å²) in [5.74, 6) is 0. The molecule has 4 rings (SSSR count). The van der Waals surface area contributed by atoms with Crippen LogP contribution in [-0.2, 0) is 0 Å². The van der Waals surface area contributed by atoms with E-state index in [0.29, 0.717) is 11.1 Å². The van der Waals surface area contributed by atoms with Crippen LogP contribution in [0.5, 0.6) is 0 Å². The second-order valence-corrected chi connectivity index (χ2v) is 6.98. The molecule has 0 amide bonds. The minimum absolute atomic E-state index is 0.684. The molecule has 4 aromatic carbocycles. The molecule has 0 aliphatic rings. The molecule has 0 radical (unpaired) electrons. The number of rotatable bonds is 6. The third kappa shape index (κ3) is 4.29. The van der Waals surface area contributed by atoms with E-state index >= 15 is 0 Å². The Kier molecular flexibility index (Phi) is 5.27. The van der Waals surface area contributed by atoms with Crippen LogP contribution in [0.1, 0.15) is 17.5 Å². The molecule has 2 N–H and O–H groups in total. The maximum absolute atomic E-state index is 8.99. The highest BCUT2D eigenvalue weighted by Gasteiger charge is 2.00. The first-order chi connectivity index (χ1) is 14.2. The van der Waals surface area contributed by atoms with Crippen molar-refractivity contribution in [3.63, 3.8) is 0 Å². The summed E-state index contributed by atoms with van der Waals surface area (Å²) in [6.07, 6.45) is 0.983. The standard InChI is InChI=1S/C25H20N4/c26-16-18-2-4-22-14-24(8-6-20(22)12-18)28-10-1-11-29-25-9-7-21-13-19(17-27)3-5-23(21)15-25/h2-9,12-15,28-29H,1,10-11H2. The Hall–Kier alpha value is -4.02. The van der Waals surface area contributed by atoms with Crippen LogP contribution in [0.25, 0.3) is 21.5 Å². The third-order valence-electron chi connectivity index (χ3n) is 4.95. The zero-order valence-corrected chi connectivity index (χ0v) is 15.9. The van der Waals surface area contributed by atoms with Crippen LogP contribution < -0.4 is 10.6 Å². The lowest BCUT2D eigenvalue weighted by molar-refractivity contribution is 0.910. The van der Waals surface area contributed by atoms with Gasteiger partial charge < -0.3 is 10.6 Å². The van der Waals surface area contributed by atoms with Gasteiger partial charge in [-0.3, -0.25) is 0 Å². The van der Waals surface area contributed by atoms with Crippen LogP contribution in [0.4, 0.5) is 11.4 Å². The summed E-state index contributed by atoms with van der Waals surface area (Å²) in [6.45, 7) is 1.74. The predicted octanol–water partition coefficient (Wildman–Crippen LogP) is 5.65. The Morgan fingerprint density at radius 2 is 0.966 bits per heavy atom. The van der Waals surface area contributed by atoms with Crippen molar-refractivity contribution in [2.75, 3.05) is 23.7 Å². The maximum Gasteiger partial charge on any atom is 0.0991 e. The molecule has 0 fully saturated rings. The van der Waals surface area contributed by atoms with Crippen molar-refractivity contribution in [1.29, 1.82) is 10.5 Å². The number of fused-ring (bicyclic) bond motifs is 2. The number of nitrogens with one attached hydrogen (secondary N) is 2. The fourth-order valence-electron chi connectivity index (χ4n) is 3.40. The van der Waals surface area contributed by atoms with E-state index in [1.807, 2.05) is 48.5 Å². The Balaban J connectivity index is 1.29. The van der Waals surface area contributed by atoms with Crippen molar-refractivity contribution in [3.05, 3.63) is 83.9 Å². The SMILES string of the molecule is N#Cc1ccc2cc(NCCCNc3ccc4cc(C#N)ccc4c3)ccc2c1. The first kappa shape index (κ1) is 18.3. The molecule has 0 aliphatic heterocycles. The number of nitrogens with zero attached hydrogens (tertiary/aromatic N) is 2. The van der Waals surface area contributed by atoms with Gasteiger partial charge in [-0.1, -0.05) is 24.3 Å². The number of hydrogen-bond donors (Lipinski definition) is 2. The highest BCUT2D eigenvalue weighted by atomic mass is 14.9. The normalized spacial score (nSPS) is 10.4. The summed E-state index contributed by atoms with van der Waals surface area (Å²) in [6, 6.07) is 28.3. The number of anilines is 2. The zero-order chi connectivity index (χ0) is 20.1. The molecule has 140 valence electrons. The fraction of sp³-hybridized carbons (Fsp3) is 0.120. The Morgan fingerprint density at radius 3 is 1.41 bits per heavy atom. The number of benzene rings is 4. The molecule has 4 heteroatoms. The lowest BCUT2D eigenvalue weighted by Gasteiger charge is -2.10. The highest BCUT2D eigenvalue weighted by molar-refractivity contribution is 5.87. The first-order valence-electron chi connectivity index (χ1n) is 9.61. The molecule has 0 aliphatic carbocycles. The molecule has 0 unspecified atom stereocenters. The van der Waals surface area contributed by atoms with Gasteiger partial charge in [0, 0.05) is 24.5 Å². The minimum atomic E-state index is 0.684. The maximum atomic E-state index is 8.99. The summed E-state index contributed by atoms with van der Waals surface area (Å²) < 4.78 is 0. The molecule has 0 spiro atoms. The summed E-state index contributed by atoms with van der Waals surface area (Å²) in [7, 11) is 0. The van der Waals surface area contributed by atoms with E-state index in [0.717, 1.165) is 52.4 Å². The lowest BCUT2D eigenvalue weighted by Crippen LogP contribution is -2.09. The molecule has 0 aromatic heterocycles. The van der Waals surface area contributed by atoms with Gasteiger partial charge in [0.15, 0.2) is 0 Å². The van der Waals surface area contributed by atoms with Gasteiger partial charge in [0.05, 0.1) is 23.3 Å². The van der Waals surface area contributed by atoms with Crippen molar-refractivity contribution in [2.24, 2.45) is 0 Å². The van der Waals surface area contributed by atoms with E-state index in [-0.39, 0.29) is 0 Å². The number of nitriles is 2. The Morgan fingerprint density at radius 1 is 0.552 bits per heavy atom. The van der Waals surface area contributed by atoms with Crippen molar-refractivity contribution in [2.45, 2.75) is 6.42 Å². The fourth-order valence-corrected chi connectivity index (χ4v) is 3.40. The van der Waals surface area contributed by atoms with Crippen molar-refractivity contribution in [3.8, 4) is 12.1 Å². The van der Waals surface area contributed by atoms with E-state index < -0.39 is 0 Å². The second-order valence-electron chi connectivity index (χ2n) is 6.98. The van der Waals surface area contributed by atoms with E-state index in [9.17, 15) is 0 Å². The summed E-state index contributed by atoms with van der Waals surface area (Å²) in [5, 5.41) is 29.3. The van der Waals surface area contributed by atoms with Crippen molar-refractivity contribution >= 4 is 32.9 Å². The molecule has 0 saturated carbocycles. The summed E-state index contributed by atoms with van der Waals surface area (Å²) >= 11 is 0. The van der Waals surface area contributed by atoms with Gasteiger partial charge in [-0.25, -0.2) is 0 Å². The van der Waals surface area contributed by atoms with E-state index in [2.05, 4.69) is 47.0 Å². The van der Waals surface area contributed by atoms with Crippen LogP contribution in [0.3, 0.4) is 0 Å². The van der Waals surface area contributed by atoms with E-state index in [1.165, 1.54) is 0 Å². The minimum Gasteiger partial charge on any atom is -0.385 e. The van der Waals surface area contributed by atoms with Crippen LogP contribution in [0.2, 0.25) is 0 Å². The lowest BCUT2D eigenvalue weighted by atomic mass is 10.1. The summed E-state index contributed by atoms with van der Waals surface area (Å²) in [4.78, 5) is 0. The van der Waals surface area contributed by atoms with Crippen LogP contribution in [0.15, 0.2) is 72.8 Å². The van der Waals surface area contributed by atoms with Crippen LogP contribution >= 0.6 is 0 Å². The molecule has 0 heterocycles. The topological polar surface area (TPSA) is 71.6 Å². The molecule has 29 heavy (non-hydrogen) atoms. The Bertz CT molecular complexity index is 1160. The van der Waals surface area contributed by atoms with Gasteiger partial charge >= 0.3 is 0 Å². The molecular weight excluding hydrogens is 356 g/mol. The molecular formula is C25H20N4. The largest absolute Gasteiger partial charge is 0.385 e. The second kappa shape index (κ2) is 8.33. The predicted molar refractivity (Wildman–Crippen MR) is 119 cm³/mol. The molecule has 0 saturated heterocycles. The highest BCUT2D eigenvalue weighted by Crippen LogP contribution is 2.22.